The first-order chi connectivity index (χ1) is 10.1. The van der Waals surface area contributed by atoms with Gasteiger partial charge in [0.25, 0.3) is 0 Å². The molecule has 0 amide bonds. The zero-order chi connectivity index (χ0) is 15.2. The van der Waals surface area contributed by atoms with E-state index in [2.05, 4.69) is 17.3 Å². The zero-order valence-corrected chi connectivity index (χ0v) is 12.8. The van der Waals surface area contributed by atoms with Crippen molar-refractivity contribution >= 4 is 0 Å². The zero-order valence-electron chi connectivity index (χ0n) is 12.8. The van der Waals surface area contributed by atoms with Crippen molar-refractivity contribution in [1.29, 1.82) is 0 Å². The number of aromatic nitrogens is 2. The molecule has 0 radical (unpaired) electrons. The number of aryl methyl sites for hydroxylation is 1. The van der Waals surface area contributed by atoms with Gasteiger partial charge in [-0.05, 0) is 38.1 Å². The van der Waals surface area contributed by atoms with Crippen LogP contribution in [-0.4, -0.2) is 16.3 Å². The maximum atomic E-state index is 13.5. The SMILES string of the molecule is CCCNC(C)c1cc(F)ccc1OCc1cnn(C)c1. The second kappa shape index (κ2) is 7.22. The molecular formula is C16H22FN3O. The van der Waals surface area contributed by atoms with Crippen molar-refractivity contribution in [3.8, 4) is 5.75 Å². The molecule has 2 rings (SSSR count). The minimum atomic E-state index is -0.246. The maximum Gasteiger partial charge on any atom is 0.124 e. The van der Waals surface area contributed by atoms with Gasteiger partial charge in [-0.2, -0.15) is 5.10 Å². The Labute approximate surface area is 124 Å². The first kappa shape index (κ1) is 15.5. The van der Waals surface area contributed by atoms with Crippen LogP contribution in [0, 0.1) is 5.82 Å². The van der Waals surface area contributed by atoms with Crippen molar-refractivity contribution in [2.75, 3.05) is 6.54 Å². The highest BCUT2D eigenvalue weighted by atomic mass is 19.1. The molecule has 21 heavy (non-hydrogen) atoms. The van der Waals surface area contributed by atoms with E-state index < -0.39 is 0 Å². The third-order valence-corrected chi connectivity index (χ3v) is 3.29. The van der Waals surface area contributed by atoms with Crippen molar-refractivity contribution in [3.05, 3.63) is 47.5 Å². The van der Waals surface area contributed by atoms with Crippen molar-refractivity contribution < 1.29 is 9.13 Å². The molecule has 4 nitrogen and oxygen atoms in total. The lowest BCUT2D eigenvalue weighted by atomic mass is 10.1. The predicted octanol–water partition coefficient (Wildman–Crippen LogP) is 3.20. The molecule has 0 aliphatic rings. The van der Waals surface area contributed by atoms with E-state index in [-0.39, 0.29) is 11.9 Å². The van der Waals surface area contributed by atoms with Gasteiger partial charge in [0, 0.05) is 30.4 Å². The van der Waals surface area contributed by atoms with Crippen LogP contribution in [0.3, 0.4) is 0 Å². The number of nitrogens with one attached hydrogen (secondary N) is 1. The Hall–Kier alpha value is -1.88. The van der Waals surface area contributed by atoms with Gasteiger partial charge in [0.1, 0.15) is 18.2 Å². The van der Waals surface area contributed by atoms with E-state index in [0.29, 0.717) is 12.4 Å². The lowest BCUT2D eigenvalue weighted by molar-refractivity contribution is 0.299. The number of rotatable bonds is 7. The van der Waals surface area contributed by atoms with Crippen molar-refractivity contribution in [1.82, 2.24) is 15.1 Å². The lowest BCUT2D eigenvalue weighted by Gasteiger charge is -2.18. The molecule has 1 atom stereocenters. The van der Waals surface area contributed by atoms with Gasteiger partial charge in [-0.1, -0.05) is 6.92 Å². The van der Waals surface area contributed by atoms with E-state index in [4.69, 9.17) is 4.74 Å². The van der Waals surface area contributed by atoms with E-state index in [1.54, 1.807) is 16.9 Å². The average molecular weight is 291 g/mol. The monoisotopic (exact) mass is 291 g/mol. The molecule has 0 saturated heterocycles. The summed E-state index contributed by atoms with van der Waals surface area (Å²) in [6.07, 6.45) is 4.70. The number of benzene rings is 1. The van der Waals surface area contributed by atoms with E-state index >= 15 is 0 Å². The first-order valence-electron chi connectivity index (χ1n) is 7.23. The Morgan fingerprint density at radius 3 is 2.90 bits per heavy atom. The summed E-state index contributed by atoms with van der Waals surface area (Å²) >= 11 is 0. The van der Waals surface area contributed by atoms with E-state index in [1.807, 2.05) is 20.2 Å². The third kappa shape index (κ3) is 4.29. The molecule has 0 saturated carbocycles. The lowest BCUT2D eigenvalue weighted by Crippen LogP contribution is -2.20. The predicted molar refractivity (Wildman–Crippen MR) is 80.6 cm³/mol. The molecule has 0 spiro atoms. The highest BCUT2D eigenvalue weighted by Gasteiger charge is 2.13. The van der Waals surface area contributed by atoms with Crippen LogP contribution in [0.4, 0.5) is 4.39 Å². The fraction of sp³-hybridized carbons (Fsp3) is 0.438. The Kier molecular flexibility index (Phi) is 5.33. The Morgan fingerprint density at radius 1 is 1.43 bits per heavy atom. The van der Waals surface area contributed by atoms with Gasteiger partial charge in [-0.25, -0.2) is 4.39 Å². The van der Waals surface area contributed by atoms with Crippen LogP contribution >= 0.6 is 0 Å². The van der Waals surface area contributed by atoms with Gasteiger partial charge >= 0.3 is 0 Å². The van der Waals surface area contributed by atoms with Gasteiger partial charge in [0.05, 0.1) is 6.20 Å². The number of ether oxygens (including phenoxy) is 1. The van der Waals surface area contributed by atoms with Crippen molar-refractivity contribution in [2.45, 2.75) is 32.9 Å². The van der Waals surface area contributed by atoms with E-state index in [0.717, 1.165) is 24.1 Å². The van der Waals surface area contributed by atoms with Gasteiger partial charge in [-0.15, -0.1) is 0 Å². The summed E-state index contributed by atoms with van der Waals surface area (Å²) in [5.74, 6) is 0.459. The van der Waals surface area contributed by atoms with Crippen LogP contribution in [0.5, 0.6) is 5.75 Å². The molecule has 0 aliphatic carbocycles. The van der Waals surface area contributed by atoms with Crippen LogP contribution < -0.4 is 10.1 Å². The fourth-order valence-electron chi connectivity index (χ4n) is 2.17. The summed E-state index contributed by atoms with van der Waals surface area (Å²) in [5.41, 5.74) is 1.83. The standard InChI is InChI=1S/C16H22FN3O/c1-4-7-18-12(2)15-8-14(17)5-6-16(15)21-11-13-9-19-20(3)10-13/h5-6,8-10,12,18H,4,7,11H2,1-3H3. The molecule has 1 N–H and O–H groups in total. The van der Waals surface area contributed by atoms with Crippen LogP contribution in [0.2, 0.25) is 0 Å². The van der Waals surface area contributed by atoms with Gasteiger partial charge < -0.3 is 10.1 Å². The largest absolute Gasteiger partial charge is 0.488 e. The number of hydrogen-bond acceptors (Lipinski definition) is 3. The van der Waals surface area contributed by atoms with Crippen LogP contribution in [0.1, 0.15) is 37.4 Å². The summed E-state index contributed by atoms with van der Waals surface area (Å²) < 4.78 is 21.1. The topological polar surface area (TPSA) is 39.1 Å². The number of nitrogens with zero attached hydrogens (tertiary/aromatic N) is 2. The normalized spacial score (nSPS) is 12.4. The van der Waals surface area contributed by atoms with Crippen molar-refractivity contribution in [2.24, 2.45) is 7.05 Å². The Bertz CT molecular complexity index is 583. The van der Waals surface area contributed by atoms with Crippen LogP contribution in [0.15, 0.2) is 30.6 Å². The summed E-state index contributed by atoms with van der Waals surface area (Å²) in [4.78, 5) is 0. The molecule has 5 heteroatoms. The second-order valence-electron chi connectivity index (χ2n) is 5.17. The van der Waals surface area contributed by atoms with Crippen molar-refractivity contribution in [3.63, 3.8) is 0 Å². The molecule has 1 unspecified atom stereocenters. The van der Waals surface area contributed by atoms with Gasteiger partial charge in [-0.3, -0.25) is 4.68 Å². The summed E-state index contributed by atoms with van der Waals surface area (Å²) in [6.45, 7) is 5.43. The average Bonchev–Trinajstić information content (AvgIpc) is 2.89. The second-order valence-corrected chi connectivity index (χ2v) is 5.17. The quantitative estimate of drug-likeness (QED) is 0.851. The van der Waals surface area contributed by atoms with Crippen LogP contribution in [-0.2, 0) is 13.7 Å². The molecule has 114 valence electrons. The van der Waals surface area contributed by atoms with Crippen LogP contribution in [0.25, 0.3) is 0 Å². The molecule has 1 aromatic heterocycles. The smallest absolute Gasteiger partial charge is 0.124 e. The summed E-state index contributed by atoms with van der Waals surface area (Å²) in [7, 11) is 1.86. The van der Waals surface area contributed by atoms with Gasteiger partial charge in [0.2, 0.25) is 0 Å². The molecule has 0 aliphatic heterocycles. The molecule has 1 heterocycles. The molecule has 1 aromatic carbocycles. The number of hydrogen-bond donors (Lipinski definition) is 1. The first-order valence-corrected chi connectivity index (χ1v) is 7.23. The fourth-order valence-corrected chi connectivity index (χ4v) is 2.17. The van der Waals surface area contributed by atoms with E-state index in [9.17, 15) is 4.39 Å². The molecule has 2 aromatic rings. The highest BCUT2D eigenvalue weighted by Crippen LogP contribution is 2.27. The summed E-state index contributed by atoms with van der Waals surface area (Å²) in [6, 6.07) is 4.69. The van der Waals surface area contributed by atoms with Gasteiger partial charge in [0.15, 0.2) is 0 Å². The highest BCUT2D eigenvalue weighted by molar-refractivity contribution is 5.36. The third-order valence-electron chi connectivity index (χ3n) is 3.29. The Morgan fingerprint density at radius 2 is 2.24 bits per heavy atom. The van der Waals surface area contributed by atoms with E-state index in [1.165, 1.54) is 12.1 Å². The minimum absolute atomic E-state index is 0.0459. The Balaban J connectivity index is 2.10. The summed E-state index contributed by atoms with van der Waals surface area (Å²) in [5, 5.41) is 7.46. The maximum absolute atomic E-state index is 13.5. The minimum Gasteiger partial charge on any atom is -0.488 e. The number of halogens is 1. The molecular weight excluding hydrogens is 269 g/mol. The molecule has 0 bridgehead atoms. The molecule has 0 fully saturated rings.